The number of hydrogen-bond acceptors (Lipinski definition) is 2. The lowest BCUT2D eigenvalue weighted by Crippen LogP contribution is -2.33. The van der Waals surface area contributed by atoms with E-state index in [1.165, 1.54) is 0 Å². The molecule has 1 aliphatic carbocycles. The molecule has 0 radical (unpaired) electrons. The Hall–Kier alpha value is -0.570. The Balaban J connectivity index is 1.98. The lowest BCUT2D eigenvalue weighted by Gasteiger charge is -2.20. The largest absolute Gasteiger partial charge is 0.393 e. The first kappa shape index (κ1) is 9.97. The van der Waals surface area contributed by atoms with E-state index in [1.807, 2.05) is 18.7 Å². The molecule has 0 bridgehead atoms. The van der Waals surface area contributed by atoms with Crippen molar-refractivity contribution in [2.75, 3.05) is 13.1 Å². The van der Waals surface area contributed by atoms with Gasteiger partial charge in [-0.3, -0.25) is 4.79 Å². The topological polar surface area (TPSA) is 40.5 Å². The van der Waals surface area contributed by atoms with Crippen LogP contribution in [0.1, 0.15) is 26.7 Å². The van der Waals surface area contributed by atoms with Crippen molar-refractivity contribution in [2.24, 2.45) is 17.8 Å². The highest BCUT2D eigenvalue weighted by Gasteiger charge is 2.43. The highest BCUT2D eigenvalue weighted by molar-refractivity contribution is 5.78. The van der Waals surface area contributed by atoms with E-state index in [4.69, 9.17) is 0 Å². The molecule has 0 aromatic heterocycles. The molecule has 3 heteroatoms. The smallest absolute Gasteiger partial charge is 0.225 e. The van der Waals surface area contributed by atoms with Crippen LogP contribution in [0.3, 0.4) is 0 Å². The SMILES string of the molecule is CC(C)C(=O)N1CC2CCC(O)C2C1. The number of carbonyl (C=O) groups excluding carboxylic acids is 1. The minimum Gasteiger partial charge on any atom is -0.393 e. The van der Waals surface area contributed by atoms with Crippen LogP contribution in [-0.2, 0) is 4.79 Å². The average molecular weight is 197 g/mol. The molecule has 1 saturated carbocycles. The molecule has 1 heterocycles. The van der Waals surface area contributed by atoms with E-state index in [1.54, 1.807) is 0 Å². The zero-order valence-electron chi connectivity index (χ0n) is 8.94. The first-order valence-corrected chi connectivity index (χ1v) is 5.56. The van der Waals surface area contributed by atoms with Crippen molar-refractivity contribution < 1.29 is 9.90 Å². The van der Waals surface area contributed by atoms with E-state index < -0.39 is 0 Å². The van der Waals surface area contributed by atoms with Crippen molar-refractivity contribution in [3.05, 3.63) is 0 Å². The van der Waals surface area contributed by atoms with Crippen molar-refractivity contribution in [1.29, 1.82) is 0 Å². The second-order valence-corrected chi connectivity index (χ2v) is 4.97. The summed E-state index contributed by atoms with van der Waals surface area (Å²) in [5, 5.41) is 9.70. The molecule has 0 spiro atoms. The van der Waals surface area contributed by atoms with Gasteiger partial charge < -0.3 is 10.0 Å². The van der Waals surface area contributed by atoms with Crippen molar-refractivity contribution in [3.63, 3.8) is 0 Å². The highest BCUT2D eigenvalue weighted by Crippen LogP contribution is 2.38. The Bertz CT molecular complexity index is 239. The van der Waals surface area contributed by atoms with Gasteiger partial charge in [0.1, 0.15) is 0 Å². The molecular weight excluding hydrogens is 178 g/mol. The number of carbonyl (C=O) groups is 1. The first-order valence-electron chi connectivity index (χ1n) is 5.56. The normalized spacial score (nSPS) is 36.6. The third-order valence-electron chi connectivity index (χ3n) is 3.62. The fourth-order valence-electron chi connectivity index (χ4n) is 2.78. The van der Waals surface area contributed by atoms with Crippen molar-refractivity contribution in [2.45, 2.75) is 32.8 Å². The monoisotopic (exact) mass is 197 g/mol. The van der Waals surface area contributed by atoms with E-state index >= 15 is 0 Å². The Morgan fingerprint density at radius 2 is 2.07 bits per heavy atom. The van der Waals surface area contributed by atoms with Crippen LogP contribution in [0.25, 0.3) is 0 Å². The summed E-state index contributed by atoms with van der Waals surface area (Å²) in [6, 6.07) is 0. The lowest BCUT2D eigenvalue weighted by atomic mass is 10.00. The zero-order valence-corrected chi connectivity index (χ0v) is 8.94. The summed E-state index contributed by atoms with van der Waals surface area (Å²) in [5.41, 5.74) is 0. The van der Waals surface area contributed by atoms with E-state index in [9.17, 15) is 9.90 Å². The fourth-order valence-corrected chi connectivity index (χ4v) is 2.78. The highest BCUT2D eigenvalue weighted by atomic mass is 16.3. The van der Waals surface area contributed by atoms with Crippen LogP contribution in [-0.4, -0.2) is 35.1 Å². The minimum absolute atomic E-state index is 0.0889. The molecule has 80 valence electrons. The molecular formula is C11H19NO2. The van der Waals surface area contributed by atoms with Crippen LogP contribution < -0.4 is 0 Å². The third-order valence-corrected chi connectivity index (χ3v) is 3.62. The van der Waals surface area contributed by atoms with Gasteiger partial charge in [-0.2, -0.15) is 0 Å². The Morgan fingerprint density at radius 3 is 2.64 bits per heavy atom. The Kier molecular flexibility index (Phi) is 2.52. The van der Waals surface area contributed by atoms with Gasteiger partial charge in [-0.1, -0.05) is 13.8 Å². The molecule has 3 unspecified atom stereocenters. The van der Waals surface area contributed by atoms with Gasteiger partial charge in [0.15, 0.2) is 0 Å². The molecule has 14 heavy (non-hydrogen) atoms. The number of hydrogen-bond donors (Lipinski definition) is 1. The van der Waals surface area contributed by atoms with Gasteiger partial charge >= 0.3 is 0 Å². The number of aliphatic hydroxyl groups excluding tert-OH is 1. The molecule has 1 amide bonds. The minimum atomic E-state index is -0.162. The molecule has 0 aromatic carbocycles. The summed E-state index contributed by atoms with van der Waals surface area (Å²) in [5.74, 6) is 1.25. The third kappa shape index (κ3) is 1.54. The van der Waals surface area contributed by atoms with Crippen LogP contribution in [0.15, 0.2) is 0 Å². The second-order valence-electron chi connectivity index (χ2n) is 4.97. The van der Waals surface area contributed by atoms with Gasteiger partial charge in [0.2, 0.25) is 5.91 Å². The van der Waals surface area contributed by atoms with Gasteiger partial charge in [0.05, 0.1) is 6.10 Å². The van der Waals surface area contributed by atoms with Gasteiger partial charge in [-0.25, -0.2) is 0 Å². The molecule has 2 rings (SSSR count). The van der Waals surface area contributed by atoms with Crippen molar-refractivity contribution >= 4 is 5.91 Å². The molecule has 1 aliphatic heterocycles. The predicted molar refractivity (Wildman–Crippen MR) is 53.6 cm³/mol. The van der Waals surface area contributed by atoms with Crippen molar-refractivity contribution in [1.82, 2.24) is 4.90 Å². The van der Waals surface area contributed by atoms with Crippen molar-refractivity contribution in [3.8, 4) is 0 Å². The zero-order chi connectivity index (χ0) is 10.3. The maximum Gasteiger partial charge on any atom is 0.225 e. The average Bonchev–Trinajstić information content (AvgIpc) is 2.67. The van der Waals surface area contributed by atoms with E-state index in [0.717, 1.165) is 25.9 Å². The predicted octanol–water partition coefficient (Wildman–Crippen LogP) is 0.872. The van der Waals surface area contributed by atoms with Crippen LogP contribution in [0.2, 0.25) is 0 Å². The summed E-state index contributed by atoms with van der Waals surface area (Å²) in [6.45, 7) is 5.53. The van der Waals surface area contributed by atoms with Crippen LogP contribution in [0.4, 0.5) is 0 Å². The summed E-state index contributed by atoms with van der Waals surface area (Å²) >= 11 is 0. The Morgan fingerprint density at radius 1 is 1.36 bits per heavy atom. The maximum absolute atomic E-state index is 11.7. The van der Waals surface area contributed by atoms with Gasteiger partial charge in [0, 0.05) is 24.9 Å². The Labute approximate surface area is 85.1 Å². The number of fused-ring (bicyclic) bond motifs is 1. The lowest BCUT2D eigenvalue weighted by molar-refractivity contribution is -0.133. The van der Waals surface area contributed by atoms with Gasteiger partial charge in [-0.05, 0) is 18.8 Å². The van der Waals surface area contributed by atoms with Gasteiger partial charge in [0.25, 0.3) is 0 Å². The van der Waals surface area contributed by atoms with Crippen LogP contribution in [0.5, 0.6) is 0 Å². The molecule has 1 N–H and O–H groups in total. The molecule has 1 saturated heterocycles. The molecule has 3 nitrogen and oxygen atoms in total. The fraction of sp³-hybridized carbons (Fsp3) is 0.909. The number of amides is 1. The first-order chi connectivity index (χ1) is 6.59. The number of aliphatic hydroxyl groups is 1. The summed E-state index contributed by atoms with van der Waals surface area (Å²) < 4.78 is 0. The number of nitrogens with zero attached hydrogens (tertiary/aromatic N) is 1. The summed E-state index contributed by atoms with van der Waals surface area (Å²) in [7, 11) is 0. The summed E-state index contributed by atoms with van der Waals surface area (Å²) in [4.78, 5) is 13.7. The molecule has 2 aliphatic rings. The van der Waals surface area contributed by atoms with Gasteiger partial charge in [-0.15, -0.1) is 0 Å². The van der Waals surface area contributed by atoms with Crippen LogP contribution in [0, 0.1) is 17.8 Å². The molecule has 0 aromatic rings. The summed E-state index contributed by atoms with van der Waals surface area (Å²) in [6.07, 6.45) is 1.86. The molecule has 3 atom stereocenters. The second kappa shape index (κ2) is 3.54. The standard InChI is InChI=1S/C11H19NO2/c1-7(2)11(14)12-5-8-3-4-10(13)9(8)6-12/h7-10,13H,3-6H2,1-2H3. The molecule has 2 fully saturated rings. The van der Waals surface area contributed by atoms with Crippen LogP contribution >= 0.6 is 0 Å². The number of likely N-dealkylation sites (tertiary alicyclic amines) is 1. The quantitative estimate of drug-likeness (QED) is 0.677. The van der Waals surface area contributed by atoms with E-state index in [-0.39, 0.29) is 17.9 Å². The van der Waals surface area contributed by atoms with E-state index in [0.29, 0.717) is 11.8 Å². The number of rotatable bonds is 1. The maximum atomic E-state index is 11.7. The van der Waals surface area contributed by atoms with E-state index in [2.05, 4.69) is 0 Å².